The van der Waals surface area contributed by atoms with Crippen molar-refractivity contribution in [2.24, 2.45) is 0 Å². The Balaban J connectivity index is 1.87. The number of benzene rings is 4. The van der Waals surface area contributed by atoms with Gasteiger partial charge in [0.05, 0.1) is 22.7 Å². The second kappa shape index (κ2) is 11.2. The van der Waals surface area contributed by atoms with Crippen LogP contribution in [0.4, 0.5) is 0 Å². The Morgan fingerprint density at radius 3 is 2.05 bits per heavy atom. The minimum absolute atomic E-state index is 0.0767. The molecule has 5 rings (SSSR count). The molecule has 1 aromatic heterocycles. The van der Waals surface area contributed by atoms with Crippen molar-refractivity contribution >= 4 is 38.8 Å². The monoisotopic (exact) mass is 549 g/mol. The molecule has 4 aromatic carbocycles. The van der Waals surface area contributed by atoms with E-state index < -0.39 is 21.8 Å². The number of aryl methyl sites for hydroxylation is 1. The summed E-state index contributed by atoms with van der Waals surface area (Å²) in [5, 5.41) is 0.569. The molecular weight excluding hydrogens is 522 g/mol. The summed E-state index contributed by atoms with van der Waals surface area (Å²) in [6.07, 6.45) is 1.46. The van der Waals surface area contributed by atoms with Gasteiger partial charge in [-0.1, -0.05) is 96.6 Å². The van der Waals surface area contributed by atoms with Crippen LogP contribution in [0.1, 0.15) is 28.4 Å². The number of Topliss-reactive ketones (excluding diaryl/α,β-unsaturated/α-hetero) is 1. The Kier molecular flexibility index (Phi) is 7.49. The lowest BCUT2D eigenvalue weighted by Gasteiger charge is -2.14. The van der Waals surface area contributed by atoms with Crippen molar-refractivity contribution in [1.29, 1.82) is 0 Å². The fraction of sp³-hybridized carbons (Fsp3) is 0.0909. The fourth-order valence-corrected chi connectivity index (χ4v) is 6.18. The van der Waals surface area contributed by atoms with Crippen molar-refractivity contribution in [3.8, 4) is 11.3 Å². The third kappa shape index (κ3) is 4.99. The number of fused-ring (bicyclic) bond motifs is 1. The number of hydrogen-bond acceptors (Lipinski definition) is 5. The zero-order valence-electron chi connectivity index (χ0n) is 22.1. The number of ketones is 1. The molecule has 0 aliphatic rings. The van der Waals surface area contributed by atoms with Crippen molar-refractivity contribution in [3.05, 3.63) is 131 Å². The molecule has 0 amide bonds. The second-order valence-corrected chi connectivity index (χ2v) is 11.0. The van der Waals surface area contributed by atoms with Crippen molar-refractivity contribution < 1.29 is 22.7 Å². The molecule has 0 bridgehead atoms. The molecule has 0 spiro atoms. The third-order valence-corrected chi connectivity index (χ3v) is 8.27. The molecule has 6 nitrogen and oxygen atoms in total. The van der Waals surface area contributed by atoms with Gasteiger partial charge in [0.25, 0.3) is 10.0 Å². The van der Waals surface area contributed by atoms with Crippen LogP contribution in [0.15, 0.2) is 120 Å². The topological polar surface area (TPSA) is 82.4 Å². The lowest BCUT2D eigenvalue weighted by molar-refractivity contribution is -0.137. The molecule has 1 heterocycles. The van der Waals surface area contributed by atoms with Gasteiger partial charge in [0.15, 0.2) is 5.78 Å². The maximum atomic E-state index is 14.2. The van der Waals surface area contributed by atoms with Gasteiger partial charge >= 0.3 is 5.97 Å². The van der Waals surface area contributed by atoms with E-state index in [-0.39, 0.29) is 17.1 Å². The number of hydrogen-bond donors (Lipinski definition) is 0. The first kappa shape index (κ1) is 26.8. The third-order valence-electron chi connectivity index (χ3n) is 6.54. The van der Waals surface area contributed by atoms with E-state index in [0.29, 0.717) is 33.3 Å². The number of aromatic nitrogens is 1. The molecule has 0 N–H and O–H groups in total. The molecule has 0 radical (unpaired) electrons. The highest BCUT2D eigenvalue weighted by atomic mass is 32.2. The second-order valence-electron chi connectivity index (χ2n) is 9.20. The largest absolute Gasteiger partial charge is 0.462 e. The van der Waals surface area contributed by atoms with Crippen LogP contribution >= 0.6 is 0 Å². The van der Waals surface area contributed by atoms with Crippen LogP contribution in [-0.4, -0.2) is 30.7 Å². The van der Waals surface area contributed by atoms with Gasteiger partial charge in [-0.3, -0.25) is 4.79 Å². The summed E-state index contributed by atoms with van der Waals surface area (Å²) in [5.74, 6) is -1.30. The summed E-state index contributed by atoms with van der Waals surface area (Å²) >= 11 is 0. The standard InChI is InChI=1S/C33H27NO5S/c1-3-39-33(36)29(32(35)25-14-8-5-9-15-25)22-28-27-16-10-11-17-30(27)34(31(28)24-12-6-4-7-13-24)40(37,38)26-20-18-23(2)19-21-26/h4-22H,3H2,1-2H3/b29-22-. The van der Waals surface area contributed by atoms with E-state index in [1.807, 2.05) is 25.1 Å². The van der Waals surface area contributed by atoms with E-state index in [9.17, 15) is 18.0 Å². The molecule has 0 saturated carbocycles. The maximum Gasteiger partial charge on any atom is 0.342 e. The van der Waals surface area contributed by atoms with Gasteiger partial charge in [-0.2, -0.15) is 0 Å². The van der Waals surface area contributed by atoms with Crippen molar-refractivity contribution in [2.45, 2.75) is 18.7 Å². The van der Waals surface area contributed by atoms with Gasteiger partial charge < -0.3 is 4.74 Å². The lowest BCUT2D eigenvalue weighted by atomic mass is 9.98. The zero-order valence-corrected chi connectivity index (χ0v) is 22.9. The van der Waals surface area contributed by atoms with Gasteiger partial charge in [-0.15, -0.1) is 0 Å². The SMILES string of the molecule is CCOC(=O)/C(=C\c1c(-c2ccccc2)n(S(=O)(=O)c2ccc(C)cc2)c2ccccc12)C(=O)c1ccccc1. The van der Waals surface area contributed by atoms with E-state index in [1.54, 1.807) is 97.9 Å². The van der Waals surface area contributed by atoms with E-state index in [2.05, 4.69) is 0 Å². The number of carbonyl (C=O) groups excluding carboxylic acids is 2. The van der Waals surface area contributed by atoms with Gasteiger partial charge in [0.1, 0.15) is 5.57 Å². The van der Waals surface area contributed by atoms with Gasteiger partial charge in [0.2, 0.25) is 0 Å². The molecule has 40 heavy (non-hydrogen) atoms. The Morgan fingerprint density at radius 1 is 0.800 bits per heavy atom. The summed E-state index contributed by atoms with van der Waals surface area (Å²) in [4.78, 5) is 26.9. The molecule has 0 aliphatic heterocycles. The van der Waals surface area contributed by atoms with Crippen molar-refractivity contribution in [1.82, 2.24) is 3.97 Å². The number of carbonyl (C=O) groups is 2. The molecule has 0 aliphatic carbocycles. The first-order valence-electron chi connectivity index (χ1n) is 12.8. The molecule has 0 fully saturated rings. The quantitative estimate of drug-likeness (QED) is 0.0709. The van der Waals surface area contributed by atoms with Crippen LogP contribution < -0.4 is 0 Å². The summed E-state index contributed by atoms with van der Waals surface area (Å²) in [7, 11) is -4.09. The van der Waals surface area contributed by atoms with E-state index >= 15 is 0 Å². The first-order chi connectivity index (χ1) is 19.3. The van der Waals surface area contributed by atoms with Crippen LogP contribution in [-0.2, 0) is 19.6 Å². The molecule has 0 saturated heterocycles. The Labute approximate surface area is 233 Å². The summed E-state index contributed by atoms with van der Waals surface area (Å²) in [6, 6.07) is 31.2. The van der Waals surface area contributed by atoms with E-state index in [4.69, 9.17) is 4.74 Å². The van der Waals surface area contributed by atoms with Gasteiger partial charge in [0, 0.05) is 16.5 Å². The highest BCUT2D eigenvalue weighted by Gasteiger charge is 2.29. The number of rotatable bonds is 8. The minimum Gasteiger partial charge on any atom is -0.462 e. The minimum atomic E-state index is -4.09. The average Bonchev–Trinajstić information content (AvgIpc) is 3.31. The van der Waals surface area contributed by atoms with E-state index in [1.165, 1.54) is 10.0 Å². The number of ether oxygens (including phenoxy) is 1. The smallest absolute Gasteiger partial charge is 0.342 e. The number of para-hydroxylation sites is 1. The number of esters is 1. The maximum absolute atomic E-state index is 14.2. The summed E-state index contributed by atoms with van der Waals surface area (Å²) in [6.45, 7) is 3.63. The van der Waals surface area contributed by atoms with Crippen LogP contribution in [0.25, 0.3) is 28.2 Å². The van der Waals surface area contributed by atoms with Gasteiger partial charge in [-0.25, -0.2) is 17.2 Å². The van der Waals surface area contributed by atoms with Crippen LogP contribution in [0.5, 0.6) is 0 Å². The Morgan fingerprint density at radius 2 is 1.40 bits per heavy atom. The molecule has 0 atom stereocenters. The van der Waals surface area contributed by atoms with E-state index in [0.717, 1.165) is 5.56 Å². The Bertz CT molecular complexity index is 1840. The lowest BCUT2D eigenvalue weighted by Crippen LogP contribution is -2.16. The first-order valence-corrected chi connectivity index (χ1v) is 14.3. The highest BCUT2D eigenvalue weighted by Crippen LogP contribution is 2.38. The summed E-state index contributed by atoms with van der Waals surface area (Å²) < 4.78 is 35.0. The molecule has 0 unspecified atom stereocenters. The van der Waals surface area contributed by atoms with Gasteiger partial charge in [-0.05, 0) is 43.7 Å². The normalized spacial score (nSPS) is 11.9. The molecule has 7 heteroatoms. The average molecular weight is 550 g/mol. The Hall–Kier alpha value is -4.75. The predicted molar refractivity (Wildman–Crippen MR) is 157 cm³/mol. The van der Waals surface area contributed by atoms with Crippen molar-refractivity contribution in [3.63, 3.8) is 0 Å². The zero-order chi connectivity index (χ0) is 28.3. The summed E-state index contributed by atoms with van der Waals surface area (Å²) in [5.41, 5.74) is 2.84. The van der Waals surface area contributed by atoms with Crippen molar-refractivity contribution in [2.75, 3.05) is 6.61 Å². The predicted octanol–water partition coefficient (Wildman–Crippen LogP) is 6.68. The fourth-order valence-electron chi connectivity index (χ4n) is 4.63. The molecular formula is C33H27NO5S. The van der Waals surface area contributed by atoms with Crippen LogP contribution in [0.2, 0.25) is 0 Å². The molecule has 200 valence electrons. The van der Waals surface area contributed by atoms with Crippen LogP contribution in [0.3, 0.4) is 0 Å². The number of nitrogens with zero attached hydrogens (tertiary/aromatic N) is 1. The highest BCUT2D eigenvalue weighted by molar-refractivity contribution is 7.90. The molecule has 5 aromatic rings. The van der Waals surface area contributed by atoms with Crippen LogP contribution in [0, 0.1) is 6.92 Å².